The fourth-order valence-electron chi connectivity index (χ4n) is 2.93. The van der Waals surface area contributed by atoms with Gasteiger partial charge in [0.05, 0.1) is 10.9 Å². The van der Waals surface area contributed by atoms with E-state index in [0.717, 1.165) is 5.56 Å². The zero-order chi connectivity index (χ0) is 15.7. The van der Waals surface area contributed by atoms with Crippen LogP contribution >= 0.6 is 0 Å². The molecule has 3 rings (SSSR count). The van der Waals surface area contributed by atoms with Crippen molar-refractivity contribution in [1.29, 1.82) is 0 Å². The van der Waals surface area contributed by atoms with E-state index in [9.17, 15) is 13.2 Å². The second-order valence-corrected chi connectivity index (χ2v) is 7.33. The van der Waals surface area contributed by atoms with E-state index < -0.39 is 21.1 Å². The van der Waals surface area contributed by atoms with Crippen LogP contribution in [-0.2, 0) is 14.6 Å². The smallest absolute Gasteiger partial charge is 0.244 e. The Morgan fingerprint density at radius 2 is 1.50 bits per heavy atom. The monoisotopic (exact) mass is 315 g/mol. The average molecular weight is 315 g/mol. The Morgan fingerprint density at radius 3 is 2.05 bits per heavy atom. The lowest BCUT2D eigenvalue weighted by Gasteiger charge is -2.46. The highest BCUT2D eigenvalue weighted by atomic mass is 32.2. The molecule has 0 aromatic heterocycles. The van der Waals surface area contributed by atoms with E-state index in [0.29, 0.717) is 6.54 Å². The molecule has 4 nitrogen and oxygen atoms in total. The third kappa shape index (κ3) is 2.22. The van der Waals surface area contributed by atoms with E-state index in [2.05, 4.69) is 0 Å². The normalized spacial score (nSPS) is 21.5. The highest BCUT2D eigenvalue weighted by molar-refractivity contribution is 7.93. The van der Waals surface area contributed by atoms with Crippen LogP contribution in [0, 0.1) is 0 Å². The number of β-lactam (4-membered cyclic amide) rings is 1. The maximum atomic E-state index is 12.8. The number of likely N-dealkylation sites (tertiary alicyclic amines) is 1. The molecular weight excluding hydrogens is 298 g/mol. The van der Waals surface area contributed by atoms with Gasteiger partial charge in [-0.15, -0.1) is 0 Å². The third-order valence-electron chi connectivity index (χ3n) is 4.04. The maximum absolute atomic E-state index is 12.8. The Labute approximate surface area is 130 Å². The number of hydrogen-bond acceptors (Lipinski definition) is 3. The van der Waals surface area contributed by atoms with Crippen LogP contribution in [0.3, 0.4) is 0 Å². The van der Waals surface area contributed by atoms with E-state index in [-0.39, 0.29) is 10.8 Å². The van der Waals surface area contributed by atoms with Crippen LogP contribution in [0.15, 0.2) is 65.6 Å². The highest BCUT2D eigenvalue weighted by Crippen LogP contribution is 2.41. The molecule has 0 aliphatic carbocycles. The minimum absolute atomic E-state index is 0.199. The van der Waals surface area contributed by atoms with Crippen LogP contribution in [0.5, 0.6) is 0 Å². The van der Waals surface area contributed by atoms with Crippen molar-refractivity contribution in [2.45, 2.75) is 23.1 Å². The molecular formula is C17H17NO3S. The summed E-state index contributed by atoms with van der Waals surface area (Å²) >= 11 is 0. The van der Waals surface area contributed by atoms with Gasteiger partial charge in [-0.05, 0) is 24.6 Å². The molecule has 1 amide bonds. The van der Waals surface area contributed by atoms with Gasteiger partial charge in [0.15, 0.2) is 15.1 Å². The molecule has 0 N–H and O–H groups in total. The fourth-order valence-corrected chi connectivity index (χ4v) is 4.81. The first-order valence-electron chi connectivity index (χ1n) is 7.21. The van der Waals surface area contributed by atoms with Crippen molar-refractivity contribution in [3.8, 4) is 0 Å². The van der Waals surface area contributed by atoms with Crippen molar-refractivity contribution in [1.82, 2.24) is 4.90 Å². The van der Waals surface area contributed by atoms with Crippen molar-refractivity contribution in [3.05, 3.63) is 66.2 Å². The topological polar surface area (TPSA) is 54.5 Å². The first kappa shape index (κ1) is 14.8. The standard InChI is InChI=1S/C17H17NO3S/c1-2-18-15(13-9-5-3-6-10-13)16(17(18)19)22(20,21)14-11-7-4-8-12-14/h3-12,15-16H,2H2,1H3/t15-,16-/m0/s1. The van der Waals surface area contributed by atoms with Crippen molar-refractivity contribution < 1.29 is 13.2 Å². The number of carbonyl (C=O) groups excluding carboxylic acids is 1. The summed E-state index contributed by atoms with van der Waals surface area (Å²) in [6, 6.07) is 17.1. The van der Waals surface area contributed by atoms with Crippen LogP contribution in [0.25, 0.3) is 0 Å². The van der Waals surface area contributed by atoms with E-state index in [1.54, 1.807) is 35.2 Å². The minimum Gasteiger partial charge on any atom is -0.333 e. The van der Waals surface area contributed by atoms with E-state index >= 15 is 0 Å². The van der Waals surface area contributed by atoms with E-state index in [1.807, 2.05) is 37.3 Å². The van der Waals surface area contributed by atoms with Crippen molar-refractivity contribution in [2.75, 3.05) is 6.54 Å². The Hall–Kier alpha value is -2.14. The van der Waals surface area contributed by atoms with Gasteiger partial charge in [-0.2, -0.15) is 0 Å². The molecule has 1 fully saturated rings. The van der Waals surface area contributed by atoms with Crippen molar-refractivity contribution >= 4 is 15.7 Å². The molecule has 0 unspecified atom stereocenters. The summed E-state index contributed by atoms with van der Waals surface area (Å²) in [5.74, 6) is -0.319. The van der Waals surface area contributed by atoms with Gasteiger partial charge in [0.25, 0.3) is 0 Å². The summed E-state index contributed by atoms with van der Waals surface area (Å²) in [7, 11) is -3.68. The van der Waals surface area contributed by atoms with Gasteiger partial charge >= 0.3 is 0 Å². The van der Waals surface area contributed by atoms with Gasteiger partial charge in [0.1, 0.15) is 0 Å². The molecule has 0 saturated carbocycles. The number of benzene rings is 2. The van der Waals surface area contributed by atoms with Gasteiger partial charge in [-0.25, -0.2) is 8.42 Å². The Bertz CT molecular complexity index is 772. The van der Waals surface area contributed by atoms with Gasteiger partial charge < -0.3 is 4.90 Å². The second-order valence-electron chi connectivity index (χ2n) is 5.26. The summed E-state index contributed by atoms with van der Waals surface area (Å²) in [5.41, 5.74) is 0.855. The van der Waals surface area contributed by atoms with Crippen molar-refractivity contribution in [3.63, 3.8) is 0 Å². The number of nitrogens with zero attached hydrogens (tertiary/aromatic N) is 1. The molecule has 2 atom stereocenters. The van der Waals surface area contributed by atoms with Gasteiger partial charge in [0, 0.05) is 6.54 Å². The van der Waals surface area contributed by atoms with Gasteiger partial charge in [0.2, 0.25) is 5.91 Å². The number of carbonyl (C=O) groups is 1. The first-order valence-corrected chi connectivity index (χ1v) is 8.76. The Morgan fingerprint density at radius 1 is 0.955 bits per heavy atom. The van der Waals surface area contributed by atoms with Crippen LogP contribution in [0.2, 0.25) is 0 Å². The second kappa shape index (κ2) is 5.57. The molecule has 114 valence electrons. The number of amides is 1. The lowest BCUT2D eigenvalue weighted by atomic mass is 9.93. The van der Waals surface area contributed by atoms with Gasteiger partial charge in [-0.1, -0.05) is 48.5 Å². The van der Waals surface area contributed by atoms with E-state index in [1.165, 1.54) is 0 Å². The molecule has 1 aliphatic heterocycles. The molecule has 1 saturated heterocycles. The molecule has 1 aliphatic rings. The predicted octanol–water partition coefficient (Wildman–Crippen LogP) is 2.43. The maximum Gasteiger partial charge on any atom is 0.244 e. The minimum atomic E-state index is -3.68. The molecule has 2 aromatic carbocycles. The third-order valence-corrected chi connectivity index (χ3v) is 6.09. The predicted molar refractivity (Wildman–Crippen MR) is 84.0 cm³/mol. The average Bonchev–Trinajstić information content (AvgIpc) is 2.54. The first-order chi connectivity index (χ1) is 10.6. The van der Waals surface area contributed by atoms with Crippen LogP contribution in [-0.4, -0.2) is 31.0 Å². The molecule has 22 heavy (non-hydrogen) atoms. The summed E-state index contributed by atoms with van der Waals surface area (Å²) in [5, 5.41) is -1.03. The molecule has 5 heteroatoms. The molecule has 0 spiro atoms. The summed E-state index contributed by atoms with van der Waals surface area (Å²) < 4.78 is 25.6. The molecule has 2 aromatic rings. The van der Waals surface area contributed by atoms with Crippen LogP contribution in [0.4, 0.5) is 0 Å². The van der Waals surface area contributed by atoms with Crippen LogP contribution < -0.4 is 0 Å². The van der Waals surface area contributed by atoms with Crippen LogP contribution in [0.1, 0.15) is 18.5 Å². The quantitative estimate of drug-likeness (QED) is 0.814. The molecule has 0 bridgehead atoms. The largest absolute Gasteiger partial charge is 0.333 e. The molecule has 1 heterocycles. The molecule has 0 radical (unpaired) electrons. The number of hydrogen-bond donors (Lipinski definition) is 0. The Balaban J connectivity index is 2.04. The lowest BCUT2D eigenvalue weighted by molar-refractivity contribution is -0.144. The zero-order valence-corrected chi connectivity index (χ0v) is 13.0. The highest BCUT2D eigenvalue weighted by Gasteiger charge is 2.54. The lowest BCUT2D eigenvalue weighted by Crippen LogP contribution is -2.61. The summed E-state index contributed by atoms with van der Waals surface area (Å²) in [4.78, 5) is 14.2. The SMILES string of the molecule is CCN1C(=O)[C@@H](S(=O)(=O)c2ccccc2)[C@@H]1c1ccccc1. The van der Waals surface area contributed by atoms with Crippen molar-refractivity contribution in [2.24, 2.45) is 0 Å². The Kier molecular flexibility index (Phi) is 3.74. The van der Waals surface area contributed by atoms with Gasteiger partial charge in [-0.3, -0.25) is 4.79 Å². The van der Waals surface area contributed by atoms with E-state index in [4.69, 9.17) is 0 Å². The fraction of sp³-hybridized carbons (Fsp3) is 0.235. The number of sulfone groups is 1. The summed E-state index contributed by atoms with van der Waals surface area (Å²) in [6.45, 7) is 2.36. The number of rotatable bonds is 4. The zero-order valence-electron chi connectivity index (χ0n) is 12.2. The summed E-state index contributed by atoms with van der Waals surface area (Å²) in [6.07, 6.45) is 0.